The molecule has 142 valence electrons. The molecule has 1 saturated carbocycles. The van der Waals surface area contributed by atoms with Crippen molar-refractivity contribution in [2.45, 2.75) is 32.1 Å². The fraction of sp³-hybridized carbons (Fsp3) is 0.526. The molecule has 1 aliphatic rings. The van der Waals surface area contributed by atoms with Crippen LogP contribution in [0.2, 0.25) is 0 Å². The van der Waals surface area contributed by atoms with Crippen LogP contribution < -0.4 is 0 Å². The van der Waals surface area contributed by atoms with E-state index in [0.717, 1.165) is 0 Å². The van der Waals surface area contributed by atoms with Crippen molar-refractivity contribution >= 4 is 29.5 Å². The van der Waals surface area contributed by atoms with Crippen LogP contribution in [0.4, 0.5) is 0 Å². The van der Waals surface area contributed by atoms with Crippen LogP contribution >= 0.6 is 11.6 Å². The highest BCUT2D eigenvalue weighted by molar-refractivity contribution is 6.31. The van der Waals surface area contributed by atoms with Gasteiger partial charge in [-0.3, -0.25) is 14.4 Å². The summed E-state index contributed by atoms with van der Waals surface area (Å²) in [6.07, 6.45) is 0.0645. The molecule has 1 aliphatic carbocycles. The van der Waals surface area contributed by atoms with Crippen molar-refractivity contribution in [3.05, 3.63) is 35.9 Å². The Morgan fingerprint density at radius 1 is 0.962 bits per heavy atom. The molecule has 0 N–H and O–H groups in total. The third-order valence-electron chi connectivity index (χ3n) is 4.63. The summed E-state index contributed by atoms with van der Waals surface area (Å²) in [4.78, 5) is 36.9. The van der Waals surface area contributed by atoms with E-state index in [9.17, 15) is 14.4 Å². The van der Waals surface area contributed by atoms with Gasteiger partial charge < -0.3 is 14.2 Å². The molecule has 26 heavy (non-hydrogen) atoms. The first-order valence-corrected chi connectivity index (χ1v) is 9.03. The van der Waals surface area contributed by atoms with Gasteiger partial charge in [-0.2, -0.15) is 0 Å². The Morgan fingerprint density at radius 3 is 1.92 bits per heavy atom. The van der Waals surface area contributed by atoms with Gasteiger partial charge in [0.2, 0.25) is 5.41 Å². The van der Waals surface area contributed by atoms with Crippen LogP contribution in [0.15, 0.2) is 30.3 Å². The molecular weight excluding hydrogens is 360 g/mol. The number of rotatable bonds is 7. The quantitative estimate of drug-likeness (QED) is 0.312. The van der Waals surface area contributed by atoms with Crippen molar-refractivity contribution in [2.24, 2.45) is 11.3 Å². The topological polar surface area (TPSA) is 78.9 Å². The summed E-state index contributed by atoms with van der Waals surface area (Å²) in [6.45, 7) is 5.09. The minimum Gasteiger partial charge on any atom is -0.466 e. The summed E-state index contributed by atoms with van der Waals surface area (Å²) in [7, 11) is 0. The molecule has 2 atom stereocenters. The molecule has 0 bridgehead atoms. The van der Waals surface area contributed by atoms with Gasteiger partial charge in [-0.05, 0) is 32.8 Å². The SMILES string of the molecule is CCOC(=O)[C@@H]1C[C@](Cl)(c2ccccc2)C1(C(=O)OCC)C(=O)OCC. The Bertz CT molecular complexity index is 656. The van der Waals surface area contributed by atoms with Crippen molar-refractivity contribution < 1.29 is 28.6 Å². The highest BCUT2D eigenvalue weighted by Crippen LogP contribution is 2.65. The number of hydrogen-bond donors (Lipinski definition) is 0. The van der Waals surface area contributed by atoms with E-state index in [0.29, 0.717) is 5.56 Å². The Morgan fingerprint density at radius 2 is 1.46 bits per heavy atom. The number of carbonyl (C=O) groups is 3. The van der Waals surface area contributed by atoms with Crippen molar-refractivity contribution in [1.82, 2.24) is 0 Å². The lowest BCUT2D eigenvalue weighted by molar-refractivity contribution is -0.202. The molecule has 0 saturated heterocycles. The summed E-state index contributed by atoms with van der Waals surface area (Å²) in [5.41, 5.74) is -1.45. The molecule has 1 aromatic carbocycles. The zero-order valence-corrected chi connectivity index (χ0v) is 15.9. The maximum atomic E-state index is 13.0. The highest BCUT2D eigenvalue weighted by Gasteiger charge is 2.78. The van der Waals surface area contributed by atoms with Crippen LogP contribution in [0.3, 0.4) is 0 Å². The average Bonchev–Trinajstić information content (AvgIpc) is 2.61. The lowest BCUT2D eigenvalue weighted by atomic mass is 9.49. The fourth-order valence-corrected chi connectivity index (χ4v) is 4.04. The van der Waals surface area contributed by atoms with Crippen molar-refractivity contribution in [1.29, 1.82) is 0 Å². The minimum absolute atomic E-state index is 0.0390. The van der Waals surface area contributed by atoms with Crippen LogP contribution in [-0.2, 0) is 33.5 Å². The monoisotopic (exact) mass is 382 g/mol. The molecule has 7 heteroatoms. The van der Waals surface area contributed by atoms with Gasteiger partial charge in [0.25, 0.3) is 0 Å². The summed E-state index contributed by atoms with van der Waals surface area (Å²) in [6, 6.07) is 8.71. The molecule has 1 aromatic rings. The van der Waals surface area contributed by atoms with E-state index in [1.54, 1.807) is 51.1 Å². The highest BCUT2D eigenvalue weighted by atomic mass is 35.5. The number of carbonyl (C=O) groups excluding carboxylic acids is 3. The van der Waals surface area contributed by atoms with Crippen LogP contribution in [-0.4, -0.2) is 37.7 Å². The molecule has 0 unspecified atom stereocenters. The average molecular weight is 383 g/mol. The second kappa shape index (κ2) is 8.08. The van der Waals surface area contributed by atoms with E-state index < -0.39 is 34.1 Å². The third kappa shape index (κ3) is 2.96. The molecule has 0 aliphatic heterocycles. The Balaban J connectivity index is 2.63. The molecule has 6 nitrogen and oxygen atoms in total. The Labute approximate surface area is 157 Å². The molecule has 0 spiro atoms. The first-order valence-electron chi connectivity index (χ1n) is 8.65. The summed E-state index contributed by atoms with van der Waals surface area (Å²) >= 11 is 6.85. The van der Waals surface area contributed by atoms with Crippen molar-refractivity contribution in [3.8, 4) is 0 Å². The Kier molecular flexibility index (Phi) is 6.29. The van der Waals surface area contributed by atoms with E-state index in [4.69, 9.17) is 25.8 Å². The predicted octanol–water partition coefficient (Wildman–Crippen LogP) is 2.82. The van der Waals surface area contributed by atoms with Gasteiger partial charge >= 0.3 is 17.9 Å². The van der Waals surface area contributed by atoms with Crippen LogP contribution in [0.1, 0.15) is 32.8 Å². The van der Waals surface area contributed by atoms with Gasteiger partial charge in [0.15, 0.2) is 0 Å². The number of esters is 3. The van der Waals surface area contributed by atoms with Gasteiger partial charge in [-0.25, -0.2) is 0 Å². The zero-order chi connectivity index (χ0) is 19.4. The lowest BCUT2D eigenvalue weighted by Crippen LogP contribution is -2.69. The second-order valence-electron chi connectivity index (χ2n) is 5.92. The van der Waals surface area contributed by atoms with Crippen molar-refractivity contribution in [2.75, 3.05) is 19.8 Å². The minimum atomic E-state index is -1.99. The molecule has 0 heterocycles. The van der Waals surface area contributed by atoms with Gasteiger partial charge in [0.1, 0.15) is 0 Å². The van der Waals surface area contributed by atoms with Gasteiger partial charge in [-0.1, -0.05) is 30.3 Å². The number of benzene rings is 1. The molecule has 0 aromatic heterocycles. The molecule has 0 radical (unpaired) electrons. The third-order valence-corrected chi connectivity index (χ3v) is 5.30. The predicted molar refractivity (Wildman–Crippen MR) is 94.4 cm³/mol. The first kappa shape index (κ1) is 20.2. The van der Waals surface area contributed by atoms with E-state index in [-0.39, 0.29) is 26.2 Å². The Hall–Kier alpha value is -2.08. The molecule has 2 rings (SSSR count). The van der Waals surface area contributed by atoms with Gasteiger partial charge in [0, 0.05) is 0 Å². The lowest BCUT2D eigenvalue weighted by Gasteiger charge is -2.55. The number of ether oxygens (including phenoxy) is 3. The molecule has 1 fully saturated rings. The number of hydrogen-bond acceptors (Lipinski definition) is 6. The van der Waals surface area contributed by atoms with Crippen LogP contribution in [0.25, 0.3) is 0 Å². The summed E-state index contributed by atoms with van der Waals surface area (Å²) < 4.78 is 15.4. The standard InChI is InChI=1S/C19H23ClO6/c1-4-24-15(21)14-12-18(20,13-10-8-7-9-11-13)19(14,16(22)25-5-2)17(23)26-6-3/h7-11,14H,4-6,12H2,1-3H3/t14-,18-/m0/s1. The normalized spacial score (nSPS) is 23.5. The first-order chi connectivity index (χ1) is 12.4. The van der Waals surface area contributed by atoms with E-state index in [1.807, 2.05) is 0 Å². The van der Waals surface area contributed by atoms with Crippen LogP contribution in [0.5, 0.6) is 0 Å². The summed E-state index contributed by atoms with van der Waals surface area (Å²) in [5.74, 6) is -3.48. The second-order valence-corrected chi connectivity index (χ2v) is 6.57. The van der Waals surface area contributed by atoms with E-state index in [2.05, 4.69) is 0 Å². The van der Waals surface area contributed by atoms with Crippen LogP contribution in [0, 0.1) is 11.3 Å². The number of halogens is 1. The maximum Gasteiger partial charge on any atom is 0.326 e. The smallest absolute Gasteiger partial charge is 0.326 e. The van der Waals surface area contributed by atoms with E-state index in [1.165, 1.54) is 0 Å². The largest absolute Gasteiger partial charge is 0.466 e. The summed E-state index contributed by atoms with van der Waals surface area (Å²) in [5, 5.41) is 0. The fourth-order valence-electron chi connectivity index (χ4n) is 3.47. The maximum absolute atomic E-state index is 13.0. The zero-order valence-electron chi connectivity index (χ0n) is 15.1. The molecule has 0 amide bonds. The van der Waals surface area contributed by atoms with Gasteiger partial charge in [0.05, 0.1) is 30.6 Å². The molecular formula is C19H23ClO6. The van der Waals surface area contributed by atoms with Crippen molar-refractivity contribution in [3.63, 3.8) is 0 Å². The number of alkyl halides is 1. The van der Waals surface area contributed by atoms with Gasteiger partial charge in [-0.15, -0.1) is 11.6 Å². The van der Waals surface area contributed by atoms with E-state index >= 15 is 0 Å².